The highest BCUT2D eigenvalue weighted by Crippen LogP contribution is 2.50. The van der Waals surface area contributed by atoms with Crippen LogP contribution in [0.1, 0.15) is 35.8 Å². The molecule has 13 heteroatoms. The highest BCUT2D eigenvalue weighted by Gasteiger charge is 2.64. The highest BCUT2D eigenvalue weighted by atomic mass is 32.2. The zero-order valence-corrected chi connectivity index (χ0v) is 21.4. The maximum atomic E-state index is 13.7. The Balaban J connectivity index is 1.42. The molecule has 5 rings (SSSR count). The maximum absolute atomic E-state index is 13.7. The Morgan fingerprint density at radius 3 is 2.49 bits per heavy atom. The van der Waals surface area contributed by atoms with E-state index in [4.69, 9.17) is 0 Å². The Labute approximate surface area is 224 Å². The first-order valence-electron chi connectivity index (χ1n) is 11.8. The minimum atomic E-state index is -1.39. The number of amides is 3. The van der Waals surface area contributed by atoms with Crippen molar-refractivity contribution in [3.8, 4) is 5.75 Å². The van der Waals surface area contributed by atoms with Crippen LogP contribution in [0.3, 0.4) is 0 Å². The summed E-state index contributed by atoms with van der Waals surface area (Å²) in [6, 6.07) is 5.41. The molecular formula is C26H23FN4O7S. The van der Waals surface area contributed by atoms with E-state index in [-0.39, 0.29) is 22.3 Å². The number of aromatic nitrogens is 1. The van der Waals surface area contributed by atoms with Gasteiger partial charge < -0.3 is 30.7 Å². The summed E-state index contributed by atoms with van der Waals surface area (Å²) in [6.45, 7) is 3.40. The number of carboxylic acids is 1. The lowest BCUT2D eigenvalue weighted by molar-refractivity contribution is -0.161. The van der Waals surface area contributed by atoms with Gasteiger partial charge >= 0.3 is 5.97 Å². The molecule has 4 atom stereocenters. The molecule has 2 fully saturated rings. The van der Waals surface area contributed by atoms with Crippen molar-refractivity contribution in [2.45, 2.75) is 42.1 Å². The van der Waals surface area contributed by atoms with Crippen molar-refractivity contribution in [1.29, 1.82) is 0 Å². The molecule has 0 aliphatic carbocycles. The number of H-pyrrole nitrogens is 1. The molecular weight excluding hydrogens is 531 g/mol. The summed E-state index contributed by atoms with van der Waals surface area (Å²) in [5, 5.41) is 23.7. The molecule has 3 aromatic rings. The zero-order valence-electron chi connectivity index (χ0n) is 20.6. The molecule has 2 unspecified atom stereocenters. The largest absolute Gasteiger partial charge is 0.508 e. The van der Waals surface area contributed by atoms with Gasteiger partial charge in [-0.25, -0.2) is 9.18 Å². The van der Waals surface area contributed by atoms with Crippen LogP contribution in [0.25, 0.3) is 10.9 Å². The number of pyridine rings is 1. The van der Waals surface area contributed by atoms with Gasteiger partial charge in [0.15, 0.2) is 0 Å². The van der Waals surface area contributed by atoms with Gasteiger partial charge in [-0.3, -0.25) is 19.2 Å². The normalized spacial score (nSPS) is 22.1. The number of carbonyl (C=O) groups excluding carboxylic acids is 3. The molecule has 1 aromatic heterocycles. The monoisotopic (exact) mass is 554 g/mol. The number of carboxylic acid groups (broad SMARTS) is 1. The number of rotatable bonds is 6. The molecule has 3 heterocycles. The second-order valence-electron chi connectivity index (χ2n) is 9.80. The third-order valence-electron chi connectivity index (χ3n) is 6.82. The first-order valence-corrected chi connectivity index (χ1v) is 12.7. The number of benzene rings is 2. The van der Waals surface area contributed by atoms with Crippen LogP contribution in [0.15, 0.2) is 53.5 Å². The molecule has 2 aliphatic heterocycles. The molecule has 0 saturated carbocycles. The van der Waals surface area contributed by atoms with Crippen molar-refractivity contribution in [2.24, 2.45) is 0 Å². The van der Waals surface area contributed by atoms with Gasteiger partial charge in [0.05, 0.1) is 0 Å². The Morgan fingerprint density at radius 2 is 1.82 bits per heavy atom. The van der Waals surface area contributed by atoms with E-state index in [1.165, 1.54) is 47.0 Å². The first kappa shape index (κ1) is 26.2. The fraction of sp³-hybridized carbons (Fsp3) is 0.269. The van der Waals surface area contributed by atoms with Gasteiger partial charge in [0.2, 0.25) is 17.2 Å². The molecule has 11 nitrogen and oxygen atoms in total. The zero-order chi connectivity index (χ0) is 28.2. The molecule has 0 bridgehead atoms. The molecule has 0 radical (unpaired) electrons. The quantitative estimate of drug-likeness (QED) is 0.286. The predicted molar refractivity (Wildman–Crippen MR) is 138 cm³/mol. The van der Waals surface area contributed by atoms with E-state index in [0.29, 0.717) is 5.52 Å². The van der Waals surface area contributed by atoms with Crippen LogP contribution in [-0.2, 0) is 14.4 Å². The number of nitrogens with one attached hydrogen (secondary N) is 3. The van der Waals surface area contributed by atoms with Gasteiger partial charge in [0, 0.05) is 21.8 Å². The summed E-state index contributed by atoms with van der Waals surface area (Å²) >= 11 is 1.25. The van der Waals surface area contributed by atoms with Gasteiger partial charge in [-0.05, 0) is 49.7 Å². The van der Waals surface area contributed by atoms with Crippen molar-refractivity contribution in [3.05, 3.63) is 75.8 Å². The average molecular weight is 555 g/mol. The van der Waals surface area contributed by atoms with Gasteiger partial charge in [-0.15, -0.1) is 11.8 Å². The van der Waals surface area contributed by atoms with Crippen molar-refractivity contribution in [2.75, 3.05) is 0 Å². The second-order valence-corrected chi connectivity index (χ2v) is 11.6. The number of aromatic hydroxyl groups is 1. The standard InChI is InChI=1S/C26H23FN4O7S/c1-26(2)20(25(37)38)31-23(36)18(24(31)39-26)30-22(35)17(11-3-6-13(32)7-4-11)29-21(34)15-10-28-16-8-5-12(27)9-14(16)19(15)33/h3-10,17-18,20,24,32H,1-2H3,(H,28,33)(H,29,34)(H,30,35)(H,37,38)/t17?,18?,20-,24+/m0/s1. The highest BCUT2D eigenvalue weighted by molar-refractivity contribution is 8.01. The Morgan fingerprint density at radius 1 is 1.13 bits per heavy atom. The number of β-lactam (4-membered cyclic amide) rings is 1. The fourth-order valence-electron chi connectivity index (χ4n) is 4.92. The lowest BCUT2D eigenvalue weighted by atomic mass is 9.95. The van der Waals surface area contributed by atoms with Gasteiger partial charge in [0.25, 0.3) is 5.91 Å². The Hall–Kier alpha value is -4.39. The summed E-state index contributed by atoms with van der Waals surface area (Å²) in [5.41, 5.74) is -0.559. The van der Waals surface area contributed by atoms with E-state index in [9.17, 15) is 38.6 Å². The van der Waals surface area contributed by atoms with Crippen molar-refractivity contribution in [3.63, 3.8) is 0 Å². The summed E-state index contributed by atoms with van der Waals surface area (Å²) < 4.78 is 12.9. The lowest BCUT2D eigenvalue weighted by Gasteiger charge is -2.44. The van der Waals surface area contributed by atoms with Crippen molar-refractivity contribution in [1.82, 2.24) is 20.5 Å². The summed E-state index contributed by atoms with van der Waals surface area (Å²) in [6.07, 6.45) is 1.15. The summed E-state index contributed by atoms with van der Waals surface area (Å²) in [7, 11) is 0. The molecule has 39 heavy (non-hydrogen) atoms. The number of carbonyl (C=O) groups is 4. The minimum absolute atomic E-state index is 0.0534. The number of hydrogen-bond donors (Lipinski definition) is 5. The maximum Gasteiger partial charge on any atom is 0.327 e. The van der Waals surface area contributed by atoms with Gasteiger partial charge in [0.1, 0.15) is 40.6 Å². The van der Waals surface area contributed by atoms with E-state index < -0.39 is 63.2 Å². The predicted octanol–water partition coefficient (Wildman–Crippen LogP) is 1.48. The minimum Gasteiger partial charge on any atom is -0.508 e. The van der Waals surface area contributed by atoms with Crippen LogP contribution in [0, 0.1) is 5.82 Å². The number of halogens is 1. The van der Waals surface area contributed by atoms with Crippen LogP contribution in [0.5, 0.6) is 5.75 Å². The van der Waals surface area contributed by atoms with Crippen molar-refractivity contribution < 1.29 is 33.8 Å². The molecule has 0 spiro atoms. The first-order chi connectivity index (χ1) is 18.4. The Kier molecular flexibility index (Phi) is 6.33. The number of phenols is 1. The smallest absolute Gasteiger partial charge is 0.327 e. The number of aliphatic carboxylic acids is 1. The van der Waals surface area contributed by atoms with Crippen LogP contribution < -0.4 is 16.1 Å². The van der Waals surface area contributed by atoms with Crippen LogP contribution >= 0.6 is 11.8 Å². The molecule has 5 N–H and O–H groups in total. The fourth-order valence-corrected chi connectivity index (χ4v) is 6.54. The molecule has 2 saturated heterocycles. The number of thioether (sulfide) groups is 1. The molecule has 2 aromatic carbocycles. The number of hydrogen-bond acceptors (Lipinski definition) is 7. The van der Waals surface area contributed by atoms with Crippen LogP contribution in [0.4, 0.5) is 4.39 Å². The SMILES string of the molecule is CC1(C)S[C@@H]2C(NC(=O)C(NC(=O)c3c[nH]c4ccc(F)cc4c3=O)c3ccc(O)cc3)C(=O)N2[C@H]1C(=O)O. The molecule has 2 aliphatic rings. The number of fused-ring (bicyclic) bond motifs is 2. The Bertz CT molecular complexity index is 1590. The van der Waals surface area contributed by atoms with Gasteiger partial charge in [-0.1, -0.05) is 12.1 Å². The number of nitrogens with zero attached hydrogens (tertiary/aromatic N) is 1. The summed E-state index contributed by atoms with van der Waals surface area (Å²) in [5.74, 6) is -4.19. The topological polar surface area (TPSA) is 169 Å². The summed E-state index contributed by atoms with van der Waals surface area (Å²) in [4.78, 5) is 68.1. The number of aromatic amines is 1. The third kappa shape index (κ3) is 4.48. The van der Waals surface area contributed by atoms with E-state index in [0.717, 1.165) is 18.3 Å². The van der Waals surface area contributed by atoms with E-state index >= 15 is 0 Å². The van der Waals surface area contributed by atoms with Crippen LogP contribution in [0.2, 0.25) is 0 Å². The lowest BCUT2D eigenvalue weighted by Crippen LogP contribution is -2.71. The van der Waals surface area contributed by atoms with Crippen molar-refractivity contribution >= 4 is 46.4 Å². The van der Waals surface area contributed by atoms with E-state index in [2.05, 4.69) is 15.6 Å². The molecule has 3 amide bonds. The molecule has 202 valence electrons. The average Bonchev–Trinajstić information content (AvgIpc) is 3.14. The van der Waals surface area contributed by atoms with E-state index in [1.807, 2.05) is 0 Å². The van der Waals surface area contributed by atoms with Gasteiger partial charge in [-0.2, -0.15) is 0 Å². The second kappa shape index (κ2) is 9.42. The van der Waals surface area contributed by atoms with E-state index in [1.54, 1.807) is 13.8 Å². The van der Waals surface area contributed by atoms with Crippen LogP contribution in [-0.4, -0.2) is 66.0 Å². The number of phenolic OH excluding ortho intramolecular Hbond substituents is 1. The third-order valence-corrected chi connectivity index (χ3v) is 8.40.